The van der Waals surface area contributed by atoms with Crippen molar-refractivity contribution < 1.29 is 9.90 Å². The first-order chi connectivity index (χ1) is 9.40. The number of aromatic carboxylic acids is 1. The van der Waals surface area contributed by atoms with Crippen LogP contribution in [0.15, 0.2) is 11.4 Å². The second kappa shape index (κ2) is 5.62. The van der Waals surface area contributed by atoms with Gasteiger partial charge in [0.1, 0.15) is 5.56 Å². The molecule has 2 aromatic rings. The molecule has 2 heterocycles. The number of aryl methyl sites for hydroxylation is 3. The van der Waals surface area contributed by atoms with Crippen molar-refractivity contribution >= 4 is 17.7 Å². The van der Waals surface area contributed by atoms with Gasteiger partial charge in [0.25, 0.3) is 0 Å². The van der Waals surface area contributed by atoms with Crippen LogP contribution in [0.4, 0.5) is 0 Å². The number of hydrogen-bond acceptors (Lipinski definition) is 5. The van der Waals surface area contributed by atoms with Crippen LogP contribution < -0.4 is 0 Å². The molecule has 0 spiro atoms. The lowest BCUT2D eigenvalue weighted by molar-refractivity contribution is 0.0696. The van der Waals surface area contributed by atoms with Crippen LogP contribution in [0.1, 0.15) is 33.0 Å². The van der Waals surface area contributed by atoms with Gasteiger partial charge >= 0.3 is 5.97 Å². The largest absolute Gasteiger partial charge is 0.478 e. The Balaban J connectivity index is 2.21. The summed E-state index contributed by atoms with van der Waals surface area (Å²) >= 11 is 1.41. The molecule has 0 atom stereocenters. The van der Waals surface area contributed by atoms with E-state index in [4.69, 9.17) is 5.11 Å². The summed E-state index contributed by atoms with van der Waals surface area (Å²) < 4.78 is 1.57. The fourth-order valence-electron chi connectivity index (χ4n) is 1.75. The van der Waals surface area contributed by atoms with E-state index < -0.39 is 5.97 Å². The predicted octanol–water partition coefficient (Wildman–Crippen LogP) is 2.13. The van der Waals surface area contributed by atoms with E-state index in [2.05, 4.69) is 15.1 Å². The maximum absolute atomic E-state index is 11.1. The first-order valence-corrected chi connectivity index (χ1v) is 7.07. The molecule has 0 aliphatic carbocycles. The van der Waals surface area contributed by atoms with E-state index in [1.165, 1.54) is 18.0 Å². The molecule has 2 aromatic heterocycles. The van der Waals surface area contributed by atoms with Crippen LogP contribution in [0.3, 0.4) is 0 Å². The van der Waals surface area contributed by atoms with Gasteiger partial charge in [0, 0.05) is 24.2 Å². The molecule has 0 amide bonds. The summed E-state index contributed by atoms with van der Waals surface area (Å²) in [5.41, 5.74) is 3.86. The Labute approximate surface area is 121 Å². The van der Waals surface area contributed by atoms with E-state index in [0.717, 1.165) is 17.0 Å². The van der Waals surface area contributed by atoms with Crippen LogP contribution in [-0.2, 0) is 12.8 Å². The van der Waals surface area contributed by atoms with Gasteiger partial charge in [-0.3, -0.25) is 4.68 Å². The van der Waals surface area contributed by atoms with Gasteiger partial charge in [-0.05, 0) is 26.3 Å². The fourth-order valence-corrected chi connectivity index (χ4v) is 2.76. The van der Waals surface area contributed by atoms with Crippen molar-refractivity contribution in [2.24, 2.45) is 7.05 Å². The van der Waals surface area contributed by atoms with E-state index in [9.17, 15) is 4.79 Å². The quantitative estimate of drug-likeness (QED) is 0.686. The highest BCUT2D eigenvalue weighted by Gasteiger charge is 2.16. The Morgan fingerprint density at radius 2 is 1.90 bits per heavy atom. The summed E-state index contributed by atoms with van der Waals surface area (Å²) in [5, 5.41) is 13.7. The van der Waals surface area contributed by atoms with Gasteiger partial charge < -0.3 is 5.11 Å². The molecular formula is C13H16N4O2S. The number of aromatic nitrogens is 4. The van der Waals surface area contributed by atoms with Crippen LogP contribution in [-0.4, -0.2) is 30.8 Å². The van der Waals surface area contributed by atoms with Crippen molar-refractivity contribution in [3.05, 3.63) is 34.4 Å². The Morgan fingerprint density at radius 3 is 2.45 bits per heavy atom. The first-order valence-electron chi connectivity index (χ1n) is 6.09. The standard InChI is InChI=1S/C13H16N4O2S/c1-7-8(2)15-13(16-9(7)3)20-6-11-10(12(18)19)5-14-17(11)4/h5H,6H2,1-4H3,(H,18,19). The van der Waals surface area contributed by atoms with Gasteiger partial charge in [-0.2, -0.15) is 5.10 Å². The molecule has 0 aliphatic heterocycles. The summed E-state index contributed by atoms with van der Waals surface area (Å²) in [6, 6.07) is 0. The molecule has 6 nitrogen and oxygen atoms in total. The number of rotatable bonds is 4. The molecule has 0 saturated heterocycles. The van der Waals surface area contributed by atoms with Gasteiger partial charge in [0.15, 0.2) is 5.16 Å². The Bertz CT molecular complexity index is 643. The van der Waals surface area contributed by atoms with Crippen molar-refractivity contribution in [1.82, 2.24) is 19.7 Å². The monoisotopic (exact) mass is 292 g/mol. The summed E-state index contributed by atoms with van der Waals surface area (Å²) in [4.78, 5) is 19.9. The number of nitrogens with zero attached hydrogens (tertiary/aromatic N) is 4. The second-order valence-electron chi connectivity index (χ2n) is 4.52. The molecule has 0 aromatic carbocycles. The first kappa shape index (κ1) is 14.5. The third-order valence-corrected chi connectivity index (χ3v) is 4.10. The average molecular weight is 292 g/mol. The maximum atomic E-state index is 11.1. The normalized spacial score (nSPS) is 10.8. The molecule has 1 N–H and O–H groups in total. The minimum absolute atomic E-state index is 0.223. The van der Waals surface area contributed by atoms with Gasteiger partial charge in [0.2, 0.25) is 0 Å². The van der Waals surface area contributed by atoms with Crippen molar-refractivity contribution in [3.63, 3.8) is 0 Å². The molecule has 0 radical (unpaired) electrons. The predicted molar refractivity (Wildman–Crippen MR) is 76.0 cm³/mol. The summed E-state index contributed by atoms with van der Waals surface area (Å²) in [5.74, 6) is -0.494. The van der Waals surface area contributed by atoms with E-state index in [0.29, 0.717) is 16.6 Å². The highest BCUT2D eigenvalue weighted by Crippen LogP contribution is 2.23. The molecule has 106 valence electrons. The zero-order valence-corrected chi connectivity index (χ0v) is 12.7. The molecule has 0 saturated carbocycles. The number of carboxylic acid groups (broad SMARTS) is 1. The third-order valence-electron chi connectivity index (χ3n) is 3.24. The van der Waals surface area contributed by atoms with Crippen LogP contribution in [0.2, 0.25) is 0 Å². The van der Waals surface area contributed by atoms with E-state index in [1.54, 1.807) is 11.7 Å². The Morgan fingerprint density at radius 1 is 1.30 bits per heavy atom. The summed E-state index contributed by atoms with van der Waals surface area (Å²) in [7, 11) is 1.73. The van der Waals surface area contributed by atoms with Gasteiger partial charge in [-0.15, -0.1) is 0 Å². The van der Waals surface area contributed by atoms with E-state index >= 15 is 0 Å². The topological polar surface area (TPSA) is 80.9 Å². The van der Waals surface area contributed by atoms with Crippen LogP contribution in [0.25, 0.3) is 0 Å². The number of carbonyl (C=O) groups is 1. The minimum Gasteiger partial charge on any atom is -0.478 e. The smallest absolute Gasteiger partial charge is 0.339 e. The highest BCUT2D eigenvalue weighted by atomic mass is 32.2. The third kappa shape index (κ3) is 2.82. The zero-order valence-electron chi connectivity index (χ0n) is 11.8. The highest BCUT2D eigenvalue weighted by molar-refractivity contribution is 7.98. The van der Waals surface area contributed by atoms with Gasteiger partial charge in [0.05, 0.1) is 11.9 Å². The molecule has 7 heteroatoms. The second-order valence-corrected chi connectivity index (χ2v) is 5.47. The van der Waals surface area contributed by atoms with Crippen LogP contribution in [0, 0.1) is 20.8 Å². The molecular weight excluding hydrogens is 276 g/mol. The maximum Gasteiger partial charge on any atom is 0.339 e. The Kier molecular flexibility index (Phi) is 4.08. The fraction of sp³-hybridized carbons (Fsp3) is 0.385. The van der Waals surface area contributed by atoms with Gasteiger partial charge in [-0.1, -0.05) is 11.8 Å². The molecule has 0 unspecified atom stereocenters. The molecule has 0 fully saturated rings. The lowest BCUT2D eigenvalue weighted by Gasteiger charge is -2.07. The molecule has 20 heavy (non-hydrogen) atoms. The van der Waals surface area contributed by atoms with E-state index in [1.807, 2.05) is 20.8 Å². The lowest BCUT2D eigenvalue weighted by Crippen LogP contribution is -2.04. The number of hydrogen-bond donors (Lipinski definition) is 1. The SMILES string of the molecule is Cc1nc(SCc2c(C(=O)O)cnn2C)nc(C)c1C. The average Bonchev–Trinajstić information content (AvgIpc) is 2.74. The number of thioether (sulfide) groups is 1. The van der Waals surface area contributed by atoms with Crippen molar-refractivity contribution in [3.8, 4) is 0 Å². The molecule has 0 aliphatic rings. The number of carboxylic acids is 1. The molecule has 0 bridgehead atoms. The lowest BCUT2D eigenvalue weighted by atomic mass is 10.2. The van der Waals surface area contributed by atoms with Crippen LogP contribution >= 0.6 is 11.8 Å². The van der Waals surface area contributed by atoms with Crippen molar-refractivity contribution in [2.75, 3.05) is 0 Å². The summed E-state index contributed by atoms with van der Waals surface area (Å²) in [6.45, 7) is 5.88. The van der Waals surface area contributed by atoms with Crippen LogP contribution in [0.5, 0.6) is 0 Å². The molecule has 2 rings (SSSR count). The van der Waals surface area contributed by atoms with E-state index in [-0.39, 0.29) is 5.56 Å². The van der Waals surface area contributed by atoms with Gasteiger partial charge in [-0.25, -0.2) is 14.8 Å². The van der Waals surface area contributed by atoms with Crippen molar-refractivity contribution in [1.29, 1.82) is 0 Å². The minimum atomic E-state index is -0.967. The summed E-state index contributed by atoms with van der Waals surface area (Å²) in [6.07, 6.45) is 1.37. The van der Waals surface area contributed by atoms with Crippen molar-refractivity contribution in [2.45, 2.75) is 31.7 Å². The Hall–Kier alpha value is -1.89. The zero-order chi connectivity index (χ0) is 14.9.